The molecule has 1 atom stereocenters. The number of nitrogens with one attached hydrogen (secondary N) is 1. The number of hydrogen-bond acceptors (Lipinski definition) is 3. The van der Waals surface area contributed by atoms with E-state index < -0.39 is 0 Å². The topological polar surface area (TPSA) is 45.0 Å². The lowest BCUT2D eigenvalue weighted by Gasteiger charge is -2.24. The van der Waals surface area contributed by atoms with Crippen LogP contribution < -0.4 is 5.32 Å². The van der Waals surface area contributed by atoms with Gasteiger partial charge in [0.25, 0.3) is 0 Å². The van der Waals surface area contributed by atoms with Crippen LogP contribution in [0.25, 0.3) is 0 Å². The molecule has 1 aliphatic carbocycles. The molecule has 1 rings (SSSR count). The third kappa shape index (κ3) is 5.48. The summed E-state index contributed by atoms with van der Waals surface area (Å²) in [6.07, 6.45) is 7.27. The van der Waals surface area contributed by atoms with Crippen LogP contribution in [0.2, 0.25) is 0 Å². The van der Waals surface area contributed by atoms with Crippen molar-refractivity contribution in [3.63, 3.8) is 0 Å². The minimum atomic E-state index is -0.0383. The smallest absolute Gasteiger partial charge is 0.0975 e. The van der Waals surface area contributed by atoms with E-state index in [1.807, 2.05) is 0 Å². The lowest BCUT2D eigenvalue weighted by Crippen LogP contribution is -2.29. The standard InChI is InChI=1S/C13H24N2O/c1-2-8-15-13(11-14)7-10-16-9-6-12-4-3-5-12/h12-13,15H,2-10H2,1H3. The van der Waals surface area contributed by atoms with E-state index in [1.165, 1.54) is 25.7 Å². The van der Waals surface area contributed by atoms with Crippen LogP contribution in [-0.4, -0.2) is 25.8 Å². The second kappa shape index (κ2) is 8.55. The Bertz CT molecular complexity index is 208. The van der Waals surface area contributed by atoms with Crippen LogP contribution in [-0.2, 0) is 4.74 Å². The van der Waals surface area contributed by atoms with Crippen LogP contribution in [0.1, 0.15) is 45.4 Å². The van der Waals surface area contributed by atoms with Crippen molar-refractivity contribution < 1.29 is 4.74 Å². The normalized spacial score (nSPS) is 17.8. The van der Waals surface area contributed by atoms with Crippen LogP contribution >= 0.6 is 0 Å². The molecule has 1 N–H and O–H groups in total. The fraction of sp³-hybridized carbons (Fsp3) is 0.923. The van der Waals surface area contributed by atoms with Gasteiger partial charge in [0.05, 0.1) is 12.1 Å². The van der Waals surface area contributed by atoms with Crippen molar-refractivity contribution in [1.29, 1.82) is 5.26 Å². The first-order valence-electron chi connectivity index (χ1n) is 6.57. The Hall–Kier alpha value is -0.590. The fourth-order valence-corrected chi connectivity index (χ4v) is 1.87. The van der Waals surface area contributed by atoms with Gasteiger partial charge < -0.3 is 10.1 Å². The second-order valence-electron chi connectivity index (χ2n) is 4.62. The fourth-order valence-electron chi connectivity index (χ4n) is 1.87. The molecule has 1 fully saturated rings. The molecule has 0 spiro atoms. The summed E-state index contributed by atoms with van der Waals surface area (Å²) >= 11 is 0. The number of nitriles is 1. The lowest BCUT2D eigenvalue weighted by molar-refractivity contribution is 0.102. The van der Waals surface area contributed by atoms with Gasteiger partial charge >= 0.3 is 0 Å². The summed E-state index contributed by atoms with van der Waals surface area (Å²) in [5.74, 6) is 0.921. The highest BCUT2D eigenvalue weighted by Crippen LogP contribution is 2.29. The molecule has 1 saturated carbocycles. The molecule has 0 amide bonds. The number of rotatable bonds is 9. The van der Waals surface area contributed by atoms with Gasteiger partial charge in [0, 0.05) is 13.2 Å². The van der Waals surface area contributed by atoms with Gasteiger partial charge in [-0.3, -0.25) is 0 Å². The molecule has 0 bridgehead atoms. The minimum Gasteiger partial charge on any atom is -0.381 e. The summed E-state index contributed by atoms with van der Waals surface area (Å²) in [4.78, 5) is 0. The van der Waals surface area contributed by atoms with E-state index in [1.54, 1.807) is 0 Å². The average Bonchev–Trinajstić information content (AvgIpc) is 2.24. The number of ether oxygens (including phenoxy) is 1. The third-order valence-electron chi connectivity index (χ3n) is 3.24. The van der Waals surface area contributed by atoms with Gasteiger partial charge in [-0.05, 0) is 31.7 Å². The zero-order valence-corrected chi connectivity index (χ0v) is 10.4. The van der Waals surface area contributed by atoms with Crippen molar-refractivity contribution in [2.75, 3.05) is 19.8 Å². The first kappa shape index (κ1) is 13.5. The highest BCUT2D eigenvalue weighted by Gasteiger charge is 2.16. The molecule has 0 aromatic heterocycles. The monoisotopic (exact) mass is 224 g/mol. The van der Waals surface area contributed by atoms with Gasteiger partial charge in [-0.25, -0.2) is 0 Å². The molecule has 92 valence electrons. The Morgan fingerprint density at radius 3 is 2.81 bits per heavy atom. The van der Waals surface area contributed by atoms with Gasteiger partial charge in [-0.1, -0.05) is 26.2 Å². The molecule has 1 aliphatic rings. The highest BCUT2D eigenvalue weighted by atomic mass is 16.5. The quantitative estimate of drug-likeness (QED) is 0.612. The van der Waals surface area contributed by atoms with E-state index in [0.717, 1.165) is 31.9 Å². The molecule has 0 heterocycles. The number of nitrogens with zero attached hydrogens (tertiary/aromatic N) is 1. The maximum absolute atomic E-state index is 8.88. The van der Waals surface area contributed by atoms with Crippen LogP contribution in [0.3, 0.4) is 0 Å². The third-order valence-corrected chi connectivity index (χ3v) is 3.24. The van der Waals surface area contributed by atoms with Crippen molar-refractivity contribution in [3.05, 3.63) is 0 Å². The van der Waals surface area contributed by atoms with Gasteiger partial charge in [0.1, 0.15) is 0 Å². The summed E-state index contributed by atoms with van der Waals surface area (Å²) in [5, 5.41) is 12.1. The predicted octanol–water partition coefficient (Wildman–Crippen LogP) is 2.48. The summed E-state index contributed by atoms with van der Waals surface area (Å²) in [5.41, 5.74) is 0. The van der Waals surface area contributed by atoms with Crippen molar-refractivity contribution >= 4 is 0 Å². The zero-order valence-electron chi connectivity index (χ0n) is 10.4. The predicted molar refractivity (Wildman–Crippen MR) is 65.1 cm³/mol. The maximum Gasteiger partial charge on any atom is 0.0975 e. The van der Waals surface area contributed by atoms with Gasteiger partial charge in [0.2, 0.25) is 0 Å². The van der Waals surface area contributed by atoms with Crippen LogP contribution in [0.5, 0.6) is 0 Å². The van der Waals surface area contributed by atoms with Crippen LogP contribution in [0.15, 0.2) is 0 Å². The van der Waals surface area contributed by atoms with Crippen LogP contribution in [0, 0.1) is 17.2 Å². The molecule has 1 unspecified atom stereocenters. The zero-order chi connectivity index (χ0) is 11.6. The molecule has 0 aliphatic heterocycles. The van der Waals surface area contributed by atoms with Crippen molar-refractivity contribution in [3.8, 4) is 6.07 Å². The van der Waals surface area contributed by atoms with Gasteiger partial charge in [0.15, 0.2) is 0 Å². The minimum absolute atomic E-state index is 0.0383. The van der Waals surface area contributed by atoms with E-state index in [4.69, 9.17) is 10.00 Å². The Morgan fingerprint density at radius 1 is 1.44 bits per heavy atom. The van der Waals surface area contributed by atoms with E-state index in [2.05, 4.69) is 18.3 Å². The van der Waals surface area contributed by atoms with Gasteiger partial charge in [-0.2, -0.15) is 5.26 Å². The maximum atomic E-state index is 8.88. The molecular weight excluding hydrogens is 200 g/mol. The molecule has 0 saturated heterocycles. The lowest BCUT2D eigenvalue weighted by atomic mass is 9.83. The summed E-state index contributed by atoms with van der Waals surface area (Å²) in [6.45, 7) is 4.61. The largest absolute Gasteiger partial charge is 0.381 e. The molecule has 0 radical (unpaired) electrons. The van der Waals surface area contributed by atoms with Gasteiger partial charge in [-0.15, -0.1) is 0 Å². The first-order chi connectivity index (χ1) is 7.86. The Morgan fingerprint density at radius 2 is 2.25 bits per heavy atom. The number of hydrogen-bond donors (Lipinski definition) is 1. The second-order valence-corrected chi connectivity index (χ2v) is 4.62. The Kier molecular flexibility index (Phi) is 7.20. The summed E-state index contributed by atoms with van der Waals surface area (Å²) in [7, 11) is 0. The molecule has 0 aromatic carbocycles. The SMILES string of the molecule is CCCNC(C#N)CCOCCC1CCC1. The van der Waals surface area contributed by atoms with E-state index >= 15 is 0 Å². The Balaban J connectivity index is 1.89. The average molecular weight is 224 g/mol. The van der Waals surface area contributed by atoms with E-state index in [0.29, 0.717) is 6.61 Å². The molecular formula is C13H24N2O. The van der Waals surface area contributed by atoms with E-state index in [9.17, 15) is 0 Å². The molecule has 3 heteroatoms. The summed E-state index contributed by atoms with van der Waals surface area (Å²) < 4.78 is 5.56. The molecule has 3 nitrogen and oxygen atoms in total. The van der Waals surface area contributed by atoms with Crippen molar-refractivity contribution in [2.45, 2.75) is 51.5 Å². The first-order valence-corrected chi connectivity index (χ1v) is 6.57. The summed E-state index contributed by atoms with van der Waals surface area (Å²) in [6, 6.07) is 2.23. The highest BCUT2D eigenvalue weighted by molar-refractivity contribution is 4.89. The van der Waals surface area contributed by atoms with Crippen molar-refractivity contribution in [1.82, 2.24) is 5.32 Å². The van der Waals surface area contributed by atoms with Crippen molar-refractivity contribution in [2.24, 2.45) is 5.92 Å². The van der Waals surface area contributed by atoms with Crippen LogP contribution in [0.4, 0.5) is 0 Å². The Labute approximate surface area is 99.2 Å². The molecule has 16 heavy (non-hydrogen) atoms. The molecule has 0 aromatic rings. The van der Waals surface area contributed by atoms with E-state index in [-0.39, 0.29) is 6.04 Å².